The summed E-state index contributed by atoms with van der Waals surface area (Å²) in [5.74, 6) is -0.254. The first kappa shape index (κ1) is 14.5. The van der Waals surface area contributed by atoms with Gasteiger partial charge in [0.15, 0.2) is 0 Å². The molecule has 1 heterocycles. The molecular formula is C15H21N3O2. The van der Waals surface area contributed by atoms with E-state index in [2.05, 4.69) is 27.7 Å². The van der Waals surface area contributed by atoms with Gasteiger partial charge in [-0.15, -0.1) is 0 Å². The zero-order chi connectivity index (χ0) is 14.5. The van der Waals surface area contributed by atoms with E-state index in [4.69, 9.17) is 0 Å². The fraction of sp³-hybridized carbons (Fsp3) is 0.467. The van der Waals surface area contributed by atoms with Crippen LogP contribution in [0.4, 0.5) is 4.79 Å². The summed E-state index contributed by atoms with van der Waals surface area (Å²) >= 11 is 0. The van der Waals surface area contributed by atoms with E-state index in [1.807, 2.05) is 26.0 Å². The first-order valence-electron chi connectivity index (χ1n) is 7.01. The molecule has 0 radical (unpaired) electrons. The third-order valence-corrected chi connectivity index (χ3v) is 3.66. The fourth-order valence-electron chi connectivity index (χ4n) is 2.44. The number of urea groups is 1. The van der Waals surface area contributed by atoms with E-state index >= 15 is 0 Å². The van der Waals surface area contributed by atoms with Gasteiger partial charge in [0, 0.05) is 19.6 Å². The van der Waals surface area contributed by atoms with Crippen molar-refractivity contribution in [1.29, 1.82) is 0 Å². The number of carbonyl (C=O) groups is 2. The molecule has 0 unspecified atom stereocenters. The first-order valence-corrected chi connectivity index (χ1v) is 7.01. The number of rotatable bonds is 3. The van der Waals surface area contributed by atoms with Crippen LogP contribution in [0.25, 0.3) is 0 Å². The van der Waals surface area contributed by atoms with Crippen LogP contribution in [0.2, 0.25) is 0 Å². The maximum Gasteiger partial charge on any atom is 0.321 e. The molecule has 108 valence electrons. The first-order chi connectivity index (χ1) is 9.61. The number of imide groups is 1. The minimum atomic E-state index is -0.429. The predicted octanol–water partition coefficient (Wildman–Crippen LogP) is 1.28. The standard InChI is InChI=1S/C15H21N3O2/c1-3-16-15(20)17-14(19)11(2)18-9-8-12-6-4-5-7-13(12)10-18/h4-7,11H,3,8-10H2,1-2H3,(H2,16,17,19,20)/t11-/m1/s1. The molecular weight excluding hydrogens is 254 g/mol. The van der Waals surface area contributed by atoms with Crippen LogP contribution in [0.15, 0.2) is 24.3 Å². The molecule has 1 aromatic rings. The highest BCUT2D eigenvalue weighted by Crippen LogP contribution is 2.20. The van der Waals surface area contributed by atoms with Crippen LogP contribution in [-0.4, -0.2) is 36.0 Å². The van der Waals surface area contributed by atoms with Crippen LogP contribution in [0.3, 0.4) is 0 Å². The number of amides is 3. The van der Waals surface area contributed by atoms with Crippen molar-refractivity contribution in [2.45, 2.75) is 32.9 Å². The van der Waals surface area contributed by atoms with Crippen molar-refractivity contribution in [1.82, 2.24) is 15.5 Å². The molecule has 1 aromatic carbocycles. The Bertz CT molecular complexity index is 502. The number of benzene rings is 1. The smallest absolute Gasteiger partial charge is 0.321 e. The molecule has 5 heteroatoms. The lowest BCUT2D eigenvalue weighted by Gasteiger charge is -2.32. The van der Waals surface area contributed by atoms with Gasteiger partial charge in [0.25, 0.3) is 0 Å². The van der Waals surface area contributed by atoms with E-state index in [1.54, 1.807) is 0 Å². The number of hydrogen-bond acceptors (Lipinski definition) is 3. The minimum Gasteiger partial charge on any atom is -0.338 e. The molecule has 0 saturated carbocycles. The van der Waals surface area contributed by atoms with Gasteiger partial charge in [-0.05, 0) is 31.4 Å². The van der Waals surface area contributed by atoms with Gasteiger partial charge in [0.05, 0.1) is 6.04 Å². The molecule has 1 aliphatic rings. The Balaban J connectivity index is 1.95. The summed E-state index contributed by atoms with van der Waals surface area (Å²) < 4.78 is 0. The van der Waals surface area contributed by atoms with Crippen molar-refractivity contribution in [3.05, 3.63) is 35.4 Å². The second kappa shape index (κ2) is 6.52. The summed E-state index contributed by atoms with van der Waals surface area (Å²) in [5.41, 5.74) is 2.61. The maximum atomic E-state index is 12.0. The third kappa shape index (κ3) is 3.36. The monoisotopic (exact) mass is 275 g/mol. The van der Waals surface area contributed by atoms with Gasteiger partial charge in [-0.3, -0.25) is 15.0 Å². The van der Waals surface area contributed by atoms with E-state index < -0.39 is 6.03 Å². The van der Waals surface area contributed by atoms with Crippen LogP contribution in [0.5, 0.6) is 0 Å². The van der Waals surface area contributed by atoms with Crippen molar-refractivity contribution in [3.63, 3.8) is 0 Å². The Morgan fingerprint density at radius 1 is 1.30 bits per heavy atom. The molecule has 0 aromatic heterocycles. The van der Waals surface area contributed by atoms with E-state index in [1.165, 1.54) is 11.1 Å². The van der Waals surface area contributed by atoms with Gasteiger partial charge in [-0.1, -0.05) is 24.3 Å². The quantitative estimate of drug-likeness (QED) is 0.873. The lowest BCUT2D eigenvalue weighted by atomic mass is 9.99. The van der Waals surface area contributed by atoms with E-state index in [0.717, 1.165) is 19.5 Å². The van der Waals surface area contributed by atoms with Gasteiger partial charge in [0.1, 0.15) is 0 Å². The Kier molecular flexibility index (Phi) is 4.74. The molecule has 0 aliphatic carbocycles. The lowest BCUT2D eigenvalue weighted by molar-refractivity contribution is -0.125. The molecule has 0 spiro atoms. The Hall–Kier alpha value is -1.88. The fourth-order valence-corrected chi connectivity index (χ4v) is 2.44. The van der Waals surface area contributed by atoms with Crippen LogP contribution in [0, 0.1) is 0 Å². The molecule has 2 N–H and O–H groups in total. The van der Waals surface area contributed by atoms with Crippen LogP contribution < -0.4 is 10.6 Å². The topological polar surface area (TPSA) is 61.4 Å². The van der Waals surface area contributed by atoms with Gasteiger partial charge in [-0.25, -0.2) is 4.79 Å². The molecule has 2 rings (SSSR count). The number of carbonyl (C=O) groups excluding carboxylic acids is 2. The molecule has 20 heavy (non-hydrogen) atoms. The number of nitrogens with one attached hydrogen (secondary N) is 2. The van der Waals surface area contributed by atoms with Gasteiger partial charge in [0.2, 0.25) is 5.91 Å². The normalized spacial score (nSPS) is 16.1. The lowest BCUT2D eigenvalue weighted by Crippen LogP contribution is -2.50. The predicted molar refractivity (Wildman–Crippen MR) is 77.2 cm³/mol. The maximum absolute atomic E-state index is 12.0. The SMILES string of the molecule is CCNC(=O)NC(=O)[C@@H](C)N1CCc2ccccc2C1. The van der Waals surface area contributed by atoms with Gasteiger partial charge < -0.3 is 5.32 Å². The zero-order valence-corrected chi connectivity index (χ0v) is 12.0. The van der Waals surface area contributed by atoms with Crippen molar-refractivity contribution in [2.75, 3.05) is 13.1 Å². The largest absolute Gasteiger partial charge is 0.338 e. The average Bonchev–Trinajstić information content (AvgIpc) is 2.46. The molecule has 0 fully saturated rings. The highest BCUT2D eigenvalue weighted by atomic mass is 16.2. The molecule has 0 bridgehead atoms. The van der Waals surface area contributed by atoms with Gasteiger partial charge in [-0.2, -0.15) is 0 Å². The Labute approximate surface area is 119 Å². The summed E-state index contributed by atoms with van der Waals surface area (Å²) in [6.45, 7) is 5.74. The van der Waals surface area contributed by atoms with Crippen molar-refractivity contribution in [3.8, 4) is 0 Å². The highest BCUT2D eigenvalue weighted by molar-refractivity contribution is 5.96. The number of fused-ring (bicyclic) bond motifs is 1. The molecule has 0 saturated heterocycles. The van der Waals surface area contributed by atoms with Crippen molar-refractivity contribution < 1.29 is 9.59 Å². The van der Waals surface area contributed by atoms with E-state index in [0.29, 0.717) is 6.54 Å². The number of nitrogens with zero attached hydrogens (tertiary/aromatic N) is 1. The molecule has 1 aliphatic heterocycles. The van der Waals surface area contributed by atoms with Crippen LogP contribution in [-0.2, 0) is 17.8 Å². The number of hydrogen-bond donors (Lipinski definition) is 2. The summed E-state index contributed by atoms with van der Waals surface area (Å²) in [6, 6.07) is 7.54. The van der Waals surface area contributed by atoms with E-state index in [9.17, 15) is 9.59 Å². The Morgan fingerprint density at radius 2 is 2.00 bits per heavy atom. The molecule has 5 nitrogen and oxygen atoms in total. The zero-order valence-electron chi connectivity index (χ0n) is 12.0. The molecule has 3 amide bonds. The summed E-state index contributed by atoms with van der Waals surface area (Å²) in [5, 5.41) is 4.93. The Morgan fingerprint density at radius 3 is 2.70 bits per heavy atom. The highest BCUT2D eigenvalue weighted by Gasteiger charge is 2.25. The summed E-state index contributed by atoms with van der Waals surface area (Å²) in [7, 11) is 0. The van der Waals surface area contributed by atoms with Gasteiger partial charge >= 0.3 is 6.03 Å². The van der Waals surface area contributed by atoms with Crippen LogP contribution >= 0.6 is 0 Å². The van der Waals surface area contributed by atoms with Crippen LogP contribution in [0.1, 0.15) is 25.0 Å². The summed E-state index contributed by atoms with van der Waals surface area (Å²) in [4.78, 5) is 25.5. The minimum absolute atomic E-state index is 0.254. The average molecular weight is 275 g/mol. The second-order valence-corrected chi connectivity index (χ2v) is 5.01. The van der Waals surface area contributed by atoms with Crippen molar-refractivity contribution >= 4 is 11.9 Å². The second-order valence-electron chi connectivity index (χ2n) is 5.01. The van der Waals surface area contributed by atoms with E-state index in [-0.39, 0.29) is 11.9 Å². The molecule has 1 atom stereocenters. The third-order valence-electron chi connectivity index (χ3n) is 3.66. The van der Waals surface area contributed by atoms with Crippen molar-refractivity contribution in [2.24, 2.45) is 0 Å². The summed E-state index contributed by atoms with van der Waals surface area (Å²) in [6.07, 6.45) is 0.939.